The lowest BCUT2D eigenvalue weighted by Crippen LogP contribution is -2.32. The Balaban J connectivity index is 1.57. The number of nitrogens with zero attached hydrogens (tertiary/aromatic N) is 3. The number of amides is 1. The molecule has 1 amide bonds. The topological polar surface area (TPSA) is 58.1 Å². The van der Waals surface area contributed by atoms with Crippen LogP contribution in [-0.2, 0) is 11.3 Å². The Morgan fingerprint density at radius 1 is 1.14 bits per heavy atom. The molecule has 3 rings (SSSR count). The summed E-state index contributed by atoms with van der Waals surface area (Å²) in [6, 6.07) is 16.2. The molecule has 2 aromatic carbocycles. The summed E-state index contributed by atoms with van der Waals surface area (Å²) in [5.74, 6) is 0.0766. The molecule has 0 aliphatic rings. The van der Waals surface area contributed by atoms with E-state index in [1.54, 1.807) is 4.90 Å². The second-order valence-electron chi connectivity index (χ2n) is 6.74. The molecule has 1 heterocycles. The Morgan fingerprint density at radius 2 is 1.89 bits per heavy atom. The predicted molar refractivity (Wildman–Crippen MR) is 117 cm³/mol. The number of hydrogen-bond acceptors (Lipinski definition) is 6. The van der Waals surface area contributed by atoms with Crippen molar-refractivity contribution >= 4 is 39.8 Å². The minimum Gasteiger partial charge on any atom is -0.340 e. The van der Waals surface area contributed by atoms with Crippen LogP contribution < -0.4 is 5.32 Å². The van der Waals surface area contributed by atoms with Gasteiger partial charge in [-0.05, 0) is 49.6 Å². The van der Waals surface area contributed by atoms with Gasteiger partial charge in [-0.1, -0.05) is 59.5 Å². The molecule has 0 radical (unpaired) electrons. The smallest absolute Gasteiger partial charge is 0.235 e. The summed E-state index contributed by atoms with van der Waals surface area (Å²) in [6.07, 6.45) is 0. The van der Waals surface area contributed by atoms with Crippen molar-refractivity contribution in [3.63, 3.8) is 0 Å². The first-order valence-corrected chi connectivity index (χ1v) is 10.8. The number of aryl methyl sites for hydroxylation is 2. The van der Waals surface area contributed by atoms with Crippen LogP contribution in [0.25, 0.3) is 0 Å². The number of anilines is 2. The first-order chi connectivity index (χ1) is 13.4. The average Bonchev–Trinajstić information content (AvgIpc) is 3.11. The Labute approximate surface area is 174 Å². The summed E-state index contributed by atoms with van der Waals surface area (Å²) >= 11 is 2.90. The van der Waals surface area contributed by atoms with Gasteiger partial charge in [-0.25, -0.2) is 0 Å². The molecule has 3 aromatic rings. The largest absolute Gasteiger partial charge is 0.340 e. The minimum absolute atomic E-state index is 0.0766. The molecule has 0 aliphatic carbocycles. The third-order valence-electron chi connectivity index (χ3n) is 4.43. The summed E-state index contributed by atoms with van der Waals surface area (Å²) in [5, 5.41) is 12.2. The Kier molecular flexibility index (Phi) is 6.70. The fraction of sp³-hybridized carbons (Fsp3) is 0.286. The van der Waals surface area contributed by atoms with Crippen LogP contribution in [0.1, 0.15) is 23.6 Å². The summed E-state index contributed by atoms with van der Waals surface area (Å²) in [5.41, 5.74) is 4.59. The normalized spacial score (nSPS) is 11.9. The monoisotopic (exact) mass is 412 g/mol. The third kappa shape index (κ3) is 5.33. The summed E-state index contributed by atoms with van der Waals surface area (Å²) in [7, 11) is 1.83. The lowest BCUT2D eigenvalue weighted by Gasteiger charge is -2.20. The molecule has 1 unspecified atom stereocenters. The number of thioether (sulfide) groups is 1. The standard InChI is InChI=1S/C21H24N4OS2/c1-14-10-11-18(12-15(14)2)22-20-23-24-21(28-20)27-16(3)19(26)25(4)13-17-8-6-5-7-9-17/h5-12,16H,13H2,1-4H3,(H,22,23). The molecule has 0 fully saturated rings. The van der Waals surface area contributed by atoms with E-state index in [9.17, 15) is 4.79 Å². The van der Waals surface area contributed by atoms with E-state index in [0.717, 1.165) is 20.7 Å². The van der Waals surface area contributed by atoms with Gasteiger partial charge in [0.15, 0.2) is 4.34 Å². The number of carbonyl (C=O) groups is 1. The molecule has 0 spiro atoms. The van der Waals surface area contributed by atoms with Gasteiger partial charge in [-0.3, -0.25) is 4.79 Å². The molecule has 5 nitrogen and oxygen atoms in total. The van der Waals surface area contributed by atoms with E-state index in [2.05, 4.69) is 41.5 Å². The van der Waals surface area contributed by atoms with Crippen molar-refractivity contribution in [1.82, 2.24) is 15.1 Å². The zero-order valence-corrected chi connectivity index (χ0v) is 18.1. The number of carbonyl (C=O) groups excluding carboxylic acids is 1. The van der Waals surface area contributed by atoms with Crippen LogP contribution in [0.3, 0.4) is 0 Å². The maximum absolute atomic E-state index is 12.7. The number of rotatable bonds is 7. The Hall–Kier alpha value is -2.38. The first kappa shape index (κ1) is 20.4. The predicted octanol–water partition coefficient (Wildman–Crippen LogP) is 5.04. The van der Waals surface area contributed by atoms with Crippen LogP contribution in [0.5, 0.6) is 0 Å². The van der Waals surface area contributed by atoms with E-state index < -0.39 is 0 Å². The van der Waals surface area contributed by atoms with Crippen LogP contribution in [0, 0.1) is 13.8 Å². The summed E-state index contributed by atoms with van der Waals surface area (Å²) < 4.78 is 0.778. The number of aromatic nitrogens is 2. The average molecular weight is 413 g/mol. The second kappa shape index (κ2) is 9.21. The number of nitrogens with one attached hydrogen (secondary N) is 1. The minimum atomic E-state index is -0.226. The van der Waals surface area contributed by atoms with E-state index in [1.807, 2.05) is 50.4 Å². The van der Waals surface area contributed by atoms with Crippen LogP contribution in [0.2, 0.25) is 0 Å². The van der Waals surface area contributed by atoms with Crippen molar-refractivity contribution in [3.8, 4) is 0 Å². The zero-order chi connectivity index (χ0) is 20.1. The Morgan fingerprint density at radius 3 is 2.61 bits per heavy atom. The zero-order valence-electron chi connectivity index (χ0n) is 16.5. The van der Waals surface area contributed by atoms with E-state index in [0.29, 0.717) is 6.54 Å². The summed E-state index contributed by atoms with van der Waals surface area (Å²) in [6.45, 7) is 6.68. The highest BCUT2D eigenvalue weighted by atomic mass is 32.2. The highest BCUT2D eigenvalue weighted by molar-refractivity contribution is 8.02. The van der Waals surface area contributed by atoms with Gasteiger partial charge in [0.2, 0.25) is 11.0 Å². The molecule has 0 bridgehead atoms. The van der Waals surface area contributed by atoms with Gasteiger partial charge in [-0.2, -0.15) is 0 Å². The fourth-order valence-corrected chi connectivity index (χ4v) is 4.73. The van der Waals surface area contributed by atoms with Crippen LogP contribution in [0.15, 0.2) is 52.9 Å². The lowest BCUT2D eigenvalue weighted by atomic mass is 10.1. The van der Waals surface area contributed by atoms with Crippen molar-refractivity contribution in [3.05, 3.63) is 65.2 Å². The lowest BCUT2D eigenvalue weighted by molar-refractivity contribution is -0.129. The fourth-order valence-electron chi connectivity index (χ4n) is 2.70. The SMILES string of the molecule is Cc1ccc(Nc2nnc(SC(C)C(=O)N(C)Cc3ccccc3)s2)cc1C. The number of hydrogen-bond donors (Lipinski definition) is 1. The third-order valence-corrected chi connectivity index (χ3v) is 6.44. The molecule has 1 aromatic heterocycles. The molecule has 0 saturated carbocycles. The van der Waals surface area contributed by atoms with Gasteiger partial charge < -0.3 is 10.2 Å². The maximum atomic E-state index is 12.7. The number of benzene rings is 2. The quantitative estimate of drug-likeness (QED) is 0.551. The molecule has 28 heavy (non-hydrogen) atoms. The summed E-state index contributed by atoms with van der Waals surface area (Å²) in [4.78, 5) is 14.4. The van der Waals surface area contributed by atoms with Crippen LogP contribution >= 0.6 is 23.1 Å². The van der Waals surface area contributed by atoms with Gasteiger partial charge in [-0.15, -0.1) is 10.2 Å². The van der Waals surface area contributed by atoms with E-state index in [4.69, 9.17) is 0 Å². The molecule has 1 atom stereocenters. The molecule has 0 saturated heterocycles. The van der Waals surface area contributed by atoms with Crippen molar-refractivity contribution in [2.75, 3.05) is 12.4 Å². The molecule has 0 aliphatic heterocycles. The highest BCUT2D eigenvalue weighted by Gasteiger charge is 2.21. The Bertz CT molecular complexity index is 943. The van der Waals surface area contributed by atoms with Crippen molar-refractivity contribution in [2.24, 2.45) is 0 Å². The first-order valence-electron chi connectivity index (χ1n) is 9.05. The molecule has 7 heteroatoms. The highest BCUT2D eigenvalue weighted by Crippen LogP contribution is 2.31. The van der Waals surface area contributed by atoms with Crippen molar-refractivity contribution < 1.29 is 4.79 Å². The van der Waals surface area contributed by atoms with Gasteiger partial charge in [0.25, 0.3) is 0 Å². The maximum Gasteiger partial charge on any atom is 0.235 e. The van der Waals surface area contributed by atoms with E-state index >= 15 is 0 Å². The molecule has 146 valence electrons. The van der Waals surface area contributed by atoms with E-state index in [1.165, 1.54) is 34.2 Å². The second-order valence-corrected chi connectivity index (χ2v) is 9.30. The molecule has 1 N–H and O–H groups in total. The van der Waals surface area contributed by atoms with Crippen LogP contribution in [0.4, 0.5) is 10.8 Å². The molecular formula is C21H24N4OS2. The van der Waals surface area contributed by atoms with Crippen molar-refractivity contribution in [2.45, 2.75) is 36.9 Å². The van der Waals surface area contributed by atoms with Gasteiger partial charge >= 0.3 is 0 Å². The van der Waals surface area contributed by atoms with E-state index in [-0.39, 0.29) is 11.2 Å². The van der Waals surface area contributed by atoms with Gasteiger partial charge in [0, 0.05) is 19.3 Å². The van der Waals surface area contributed by atoms with Crippen LogP contribution in [-0.4, -0.2) is 33.3 Å². The van der Waals surface area contributed by atoms with Gasteiger partial charge in [0.05, 0.1) is 5.25 Å². The van der Waals surface area contributed by atoms with Crippen molar-refractivity contribution in [1.29, 1.82) is 0 Å². The molecular weight excluding hydrogens is 388 g/mol. The van der Waals surface area contributed by atoms with Gasteiger partial charge in [0.1, 0.15) is 0 Å².